The van der Waals surface area contributed by atoms with Gasteiger partial charge < -0.3 is 25.4 Å². The van der Waals surface area contributed by atoms with Gasteiger partial charge in [0, 0.05) is 0 Å². The minimum absolute atomic E-state index is 0.153. The van der Waals surface area contributed by atoms with E-state index in [0.29, 0.717) is 0 Å². The summed E-state index contributed by atoms with van der Waals surface area (Å²) in [5, 5.41) is 17.4. The number of hydrogen-bond acceptors (Lipinski definition) is 5. The Morgan fingerprint density at radius 1 is 1.09 bits per heavy atom. The average molecular weight is 321 g/mol. The molecule has 0 heterocycles. The lowest BCUT2D eigenvalue weighted by Gasteiger charge is -2.11. The molecular formula is C12H10F3NO6. The monoisotopic (exact) mass is 321 g/mol. The highest BCUT2D eigenvalue weighted by molar-refractivity contribution is 5.87. The Labute approximate surface area is 121 Å². The van der Waals surface area contributed by atoms with Crippen molar-refractivity contribution in [3.8, 4) is 11.5 Å². The molecule has 0 saturated heterocycles. The Morgan fingerprint density at radius 3 is 2.00 bits per heavy atom. The number of ether oxygens (including phenoxy) is 2. The van der Waals surface area contributed by atoms with E-state index in [1.165, 1.54) is 0 Å². The number of alkyl halides is 3. The Bertz CT molecular complexity index is 594. The van der Waals surface area contributed by atoms with Crippen molar-refractivity contribution in [3.63, 3.8) is 0 Å². The average Bonchev–Trinajstić information content (AvgIpc) is 2.34. The van der Waals surface area contributed by atoms with Gasteiger partial charge in [0.15, 0.2) is 0 Å². The fourth-order valence-corrected chi connectivity index (χ4v) is 1.32. The van der Waals surface area contributed by atoms with E-state index in [1.54, 1.807) is 0 Å². The van der Waals surface area contributed by atoms with Crippen LogP contribution in [0.2, 0.25) is 0 Å². The van der Waals surface area contributed by atoms with E-state index in [1.807, 2.05) is 0 Å². The SMILES string of the molecule is N/C(CC(=O)O)=C(/Oc1ccc(OC(F)(F)F)cc1)C(=O)O. The molecule has 0 aliphatic heterocycles. The summed E-state index contributed by atoms with van der Waals surface area (Å²) in [4.78, 5) is 21.4. The molecule has 4 N–H and O–H groups in total. The van der Waals surface area contributed by atoms with E-state index < -0.39 is 41.9 Å². The number of benzene rings is 1. The molecule has 1 aromatic carbocycles. The van der Waals surface area contributed by atoms with Gasteiger partial charge in [0.1, 0.15) is 11.5 Å². The third-order valence-electron chi connectivity index (χ3n) is 2.10. The summed E-state index contributed by atoms with van der Waals surface area (Å²) < 4.78 is 44.4. The number of aliphatic carboxylic acids is 2. The molecule has 0 bridgehead atoms. The van der Waals surface area contributed by atoms with Crippen LogP contribution in [0.3, 0.4) is 0 Å². The highest BCUT2D eigenvalue weighted by Crippen LogP contribution is 2.25. The Balaban J connectivity index is 2.92. The molecule has 0 fully saturated rings. The van der Waals surface area contributed by atoms with Crippen LogP contribution in [0.4, 0.5) is 13.2 Å². The Morgan fingerprint density at radius 2 is 1.59 bits per heavy atom. The van der Waals surface area contributed by atoms with E-state index in [9.17, 15) is 22.8 Å². The van der Waals surface area contributed by atoms with Gasteiger partial charge in [0.2, 0.25) is 5.76 Å². The summed E-state index contributed by atoms with van der Waals surface area (Å²) in [5.74, 6) is -4.49. The van der Waals surface area contributed by atoms with Gasteiger partial charge in [-0.1, -0.05) is 0 Å². The first kappa shape index (κ1) is 17.1. The predicted molar refractivity (Wildman–Crippen MR) is 64.9 cm³/mol. The first-order valence-electron chi connectivity index (χ1n) is 5.56. The van der Waals surface area contributed by atoms with E-state index in [2.05, 4.69) is 4.74 Å². The molecule has 10 heteroatoms. The van der Waals surface area contributed by atoms with Crippen molar-refractivity contribution in [1.82, 2.24) is 0 Å². The largest absolute Gasteiger partial charge is 0.573 e. The van der Waals surface area contributed by atoms with Crippen molar-refractivity contribution >= 4 is 11.9 Å². The minimum Gasteiger partial charge on any atom is -0.481 e. The summed E-state index contributed by atoms with van der Waals surface area (Å²) in [5.41, 5.74) is 4.75. The number of carbonyl (C=O) groups is 2. The molecule has 1 aromatic rings. The Hall–Kier alpha value is -2.91. The first-order valence-corrected chi connectivity index (χ1v) is 5.56. The quantitative estimate of drug-likeness (QED) is 0.539. The lowest BCUT2D eigenvalue weighted by atomic mass is 10.2. The maximum atomic E-state index is 12.0. The molecule has 1 rings (SSSR count). The molecular weight excluding hydrogens is 311 g/mol. The summed E-state index contributed by atoms with van der Waals surface area (Å²) in [6, 6.07) is 3.82. The second-order valence-electron chi connectivity index (χ2n) is 3.85. The number of carboxylic acid groups (broad SMARTS) is 2. The van der Waals surface area contributed by atoms with Crippen LogP contribution in [-0.4, -0.2) is 28.5 Å². The molecule has 22 heavy (non-hydrogen) atoms. The van der Waals surface area contributed by atoms with Crippen LogP contribution in [0.25, 0.3) is 0 Å². The number of hydrogen-bond donors (Lipinski definition) is 3. The van der Waals surface area contributed by atoms with Gasteiger partial charge in [0.05, 0.1) is 12.1 Å². The minimum atomic E-state index is -4.86. The topological polar surface area (TPSA) is 119 Å². The third kappa shape index (κ3) is 5.61. The highest BCUT2D eigenvalue weighted by atomic mass is 19.4. The molecule has 0 atom stereocenters. The maximum absolute atomic E-state index is 12.0. The molecule has 0 radical (unpaired) electrons. The third-order valence-corrected chi connectivity index (χ3v) is 2.10. The standard InChI is InChI=1S/C12H10F3NO6/c13-12(14,15)22-7-3-1-6(2-4-7)21-10(11(19)20)8(16)5-9(17)18/h1-4H,5,16H2,(H,17,18)(H,19,20)/b10-8+. The second kappa shape index (κ2) is 6.70. The van der Waals surface area contributed by atoms with Crippen molar-refractivity contribution in [2.75, 3.05) is 0 Å². The molecule has 0 aliphatic rings. The van der Waals surface area contributed by atoms with Gasteiger partial charge in [0.25, 0.3) is 0 Å². The maximum Gasteiger partial charge on any atom is 0.573 e. The van der Waals surface area contributed by atoms with Gasteiger partial charge in [-0.25, -0.2) is 4.79 Å². The van der Waals surface area contributed by atoms with Crippen LogP contribution < -0.4 is 15.2 Å². The molecule has 0 saturated carbocycles. The van der Waals surface area contributed by atoms with Crippen LogP contribution in [0.5, 0.6) is 11.5 Å². The molecule has 0 aliphatic carbocycles. The van der Waals surface area contributed by atoms with Crippen molar-refractivity contribution in [2.45, 2.75) is 12.8 Å². The van der Waals surface area contributed by atoms with E-state index in [4.69, 9.17) is 20.7 Å². The summed E-state index contributed by atoms with van der Waals surface area (Å²) in [6.45, 7) is 0. The van der Waals surface area contributed by atoms with Crippen molar-refractivity contribution in [2.24, 2.45) is 5.73 Å². The highest BCUT2D eigenvalue weighted by Gasteiger charge is 2.31. The number of nitrogens with two attached hydrogens (primary N) is 1. The molecule has 0 spiro atoms. The zero-order chi connectivity index (χ0) is 16.9. The second-order valence-corrected chi connectivity index (χ2v) is 3.85. The molecule has 0 unspecified atom stereocenters. The van der Waals surface area contributed by atoms with Gasteiger partial charge >= 0.3 is 18.3 Å². The van der Waals surface area contributed by atoms with Crippen LogP contribution in [0, 0.1) is 0 Å². The number of carboxylic acids is 2. The molecule has 120 valence electrons. The van der Waals surface area contributed by atoms with Crippen LogP contribution in [0.15, 0.2) is 35.7 Å². The van der Waals surface area contributed by atoms with Gasteiger partial charge in [-0.05, 0) is 24.3 Å². The van der Waals surface area contributed by atoms with Crippen molar-refractivity contribution in [3.05, 3.63) is 35.7 Å². The first-order chi connectivity index (χ1) is 10.1. The molecule has 0 aromatic heterocycles. The lowest BCUT2D eigenvalue weighted by molar-refractivity contribution is -0.274. The van der Waals surface area contributed by atoms with E-state index >= 15 is 0 Å². The zero-order valence-electron chi connectivity index (χ0n) is 10.8. The van der Waals surface area contributed by atoms with Crippen molar-refractivity contribution in [1.29, 1.82) is 0 Å². The fraction of sp³-hybridized carbons (Fsp3) is 0.167. The molecule has 0 amide bonds. The summed E-state index contributed by atoms with van der Waals surface area (Å²) in [6.07, 6.45) is -5.63. The van der Waals surface area contributed by atoms with Crippen LogP contribution in [-0.2, 0) is 9.59 Å². The van der Waals surface area contributed by atoms with E-state index in [-0.39, 0.29) is 5.75 Å². The lowest BCUT2D eigenvalue weighted by Crippen LogP contribution is -2.18. The fourth-order valence-electron chi connectivity index (χ4n) is 1.32. The van der Waals surface area contributed by atoms with Crippen LogP contribution in [0.1, 0.15) is 6.42 Å². The number of halogens is 3. The predicted octanol–water partition coefficient (Wildman–Crippen LogP) is 1.69. The molecule has 7 nitrogen and oxygen atoms in total. The van der Waals surface area contributed by atoms with Gasteiger partial charge in [-0.3, -0.25) is 4.79 Å². The van der Waals surface area contributed by atoms with E-state index in [0.717, 1.165) is 24.3 Å². The number of rotatable bonds is 6. The Kier molecular flexibility index (Phi) is 5.22. The van der Waals surface area contributed by atoms with Gasteiger partial charge in [-0.2, -0.15) is 0 Å². The van der Waals surface area contributed by atoms with Gasteiger partial charge in [-0.15, -0.1) is 13.2 Å². The summed E-state index contributed by atoms with van der Waals surface area (Å²) >= 11 is 0. The summed E-state index contributed by atoms with van der Waals surface area (Å²) in [7, 11) is 0. The van der Waals surface area contributed by atoms with Crippen molar-refractivity contribution < 1.29 is 42.4 Å². The smallest absolute Gasteiger partial charge is 0.481 e. The zero-order valence-corrected chi connectivity index (χ0v) is 10.8. The van der Waals surface area contributed by atoms with Crippen LogP contribution >= 0.6 is 0 Å². The normalized spacial score (nSPS) is 12.3.